The molecule has 32 heavy (non-hydrogen) atoms. The average molecular weight is 425 g/mol. The molecule has 1 fully saturated rings. The van der Waals surface area contributed by atoms with Crippen molar-refractivity contribution in [3.8, 4) is 11.4 Å². The van der Waals surface area contributed by atoms with Gasteiger partial charge in [0.25, 0.3) is 0 Å². The minimum atomic E-state index is 0.490. The normalized spacial score (nSPS) is 14.8. The SMILES string of the molecule is O=C/C=C/c1cnc2oc3c(N4CCOCC4)nc(-c4cccc5[nH]ccc45)nc3c2c1. The summed E-state index contributed by atoms with van der Waals surface area (Å²) in [5, 5.41) is 1.84. The maximum atomic E-state index is 10.7. The van der Waals surface area contributed by atoms with E-state index in [0.717, 1.165) is 52.6 Å². The van der Waals surface area contributed by atoms with Gasteiger partial charge in [0, 0.05) is 41.9 Å². The van der Waals surface area contributed by atoms with Crippen molar-refractivity contribution in [3.05, 3.63) is 54.4 Å². The number of aldehydes is 1. The van der Waals surface area contributed by atoms with Gasteiger partial charge in [-0.15, -0.1) is 0 Å². The number of aromatic nitrogens is 4. The standard InChI is InChI=1S/C24H19N5O3/c30-10-2-3-15-13-18-20-21(32-24(18)26-14-15)23(29-8-11-31-12-9-29)28-22(27-20)17-4-1-5-19-16(17)6-7-25-19/h1-7,10,13-14,25H,8-9,11-12H2/b3-2+. The molecule has 0 bridgehead atoms. The Labute approximate surface area is 182 Å². The molecular weight excluding hydrogens is 406 g/mol. The fourth-order valence-corrected chi connectivity index (χ4v) is 4.16. The minimum absolute atomic E-state index is 0.490. The Kier molecular flexibility index (Phi) is 4.43. The third-order valence-electron chi connectivity index (χ3n) is 5.69. The third kappa shape index (κ3) is 3.04. The Morgan fingerprint density at radius 1 is 1.09 bits per heavy atom. The van der Waals surface area contributed by atoms with Crippen LogP contribution in [0, 0.1) is 0 Å². The molecule has 1 N–H and O–H groups in total. The first-order valence-electron chi connectivity index (χ1n) is 10.4. The Balaban J connectivity index is 1.64. The van der Waals surface area contributed by atoms with Crippen LogP contribution in [-0.4, -0.2) is 52.5 Å². The highest BCUT2D eigenvalue weighted by atomic mass is 16.5. The lowest BCUT2D eigenvalue weighted by Gasteiger charge is -2.27. The summed E-state index contributed by atoms with van der Waals surface area (Å²) in [6.07, 6.45) is 7.49. The van der Waals surface area contributed by atoms with Gasteiger partial charge in [-0.25, -0.2) is 15.0 Å². The van der Waals surface area contributed by atoms with Gasteiger partial charge in [0.2, 0.25) is 5.71 Å². The number of furan rings is 1. The van der Waals surface area contributed by atoms with Crippen molar-refractivity contribution in [2.45, 2.75) is 0 Å². The molecule has 5 heterocycles. The van der Waals surface area contributed by atoms with Gasteiger partial charge in [-0.1, -0.05) is 18.2 Å². The molecular formula is C24H19N5O3. The Morgan fingerprint density at radius 2 is 2.00 bits per heavy atom. The smallest absolute Gasteiger partial charge is 0.229 e. The number of ether oxygens (including phenoxy) is 1. The number of nitrogens with zero attached hydrogens (tertiary/aromatic N) is 4. The number of pyridine rings is 1. The molecule has 1 saturated heterocycles. The van der Waals surface area contributed by atoms with E-state index >= 15 is 0 Å². The summed E-state index contributed by atoms with van der Waals surface area (Å²) in [6, 6.07) is 10.0. The molecule has 1 aliphatic rings. The maximum absolute atomic E-state index is 10.7. The van der Waals surface area contributed by atoms with E-state index in [9.17, 15) is 4.79 Å². The lowest BCUT2D eigenvalue weighted by molar-refractivity contribution is -0.104. The van der Waals surface area contributed by atoms with Crippen molar-refractivity contribution in [1.82, 2.24) is 19.9 Å². The van der Waals surface area contributed by atoms with Crippen LogP contribution in [0.25, 0.3) is 50.6 Å². The van der Waals surface area contributed by atoms with E-state index in [1.807, 2.05) is 36.5 Å². The lowest BCUT2D eigenvalue weighted by Crippen LogP contribution is -2.37. The first-order chi connectivity index (χ1) is 15.8. The molecule has 1 aliphatic heterocycles. The number of aromatic amines is 1. The van der Waals surface area contributed by atoms with E-state index in [4.69, 9.17) is 19.1 Å². The number of anilines is 1. The molecule has 5 aromatic rings. The number of fused-ring (bicyclic) bond motifs is 4. The second-order valence-corrected chi connectivity index (χ2v) is 7.61. The highest BCUT2D eigenvalue weighted by Gasteiger charge is 2.23. The molecule has 4 aromatic heterocycles. The van der Waals surface area contributed by atoms with Gasteiger partial charge in [0.15, 0.2) is 17.2 Å². The van der Waals surface area contributed by atoms with Crippen molar-refractivity contribution < 1.29 is 13.9 Å². The molecule has 0 aliphatic carbocycles. The van der Waals surface area contributed by atoms with Gasteiger partial charge >= 0.3 is 0 Å². The second kappa shape index (κ2) is 7.58. The predicted octanol–water partition coefficient (Wildman–Crippen LogP) is 3.97. The van der Waals surface area contributed by atoms with Gasteiger partial charge in [-0.3, -0.25) is 4.79 Å². The van der Waals surface area contributed by atoms with Crippen LogP contribution < -0.4 is 4.90 Å². The summed E-state index contributed by atoms with van der Waals surface area (Å²) in [5.41, 5.74) is 4.57. The van der Waals surface area contributed by atoms with Crippen LogP contribution in [-0.2, 0) is 9.53 Å². The zero-order chi connectivity index (χ0) is 21.5. The van der Waals surface area contributed by atoms with Crippen LogP contribution in [0.5, 0.6) is 0 Å². The fourth-order valence-electron chi connectivity index (χ4n) is 4.16. The lowest BCUT2D eigenvalue weighted by atomic mass is 10.1. The summed E-state index contributed by atoms with van der Waals surface area (Å²) >= 11 is 0. The molecule has 0 saturated carbocycles. The predicted molar refractivity (Wildman–Crippen MR) is 123 cm³/mol. The number of rotatable bonds is 4. The van der Waals surface area contributed by atoms with Crippen molar-refractivity contribution in [1.29, 1.82) is 0 Å². The summed E-state index contributed by atoms with van der Waals surface area (Å²) in [7, 11) is 0. The topological polar surface area (TPSA) is 97.1 Å². The van der Waals surface area contributed by atoms with E-state index in [-0.39, 0.29) is 0 Å². The number of allylic oxidation sites excluding steroid dienone is 1. The first kappa shape index (κ1) is 18.7. The molecule has 1 aromatic carbocycles. The molecule has 0 spiro atoms. The summed E-state index contributed by atoms with van der Waals surface area (Å²) < 4.78 is 11.7. The molecule has 158 valence electrons. The molecule has 8 heteroatoms. The van der Waals surface area contributed by atoms with Crippen LogP contribution in [0.1, 0.15) is 5.56 Å². The zero-order valence-corrected chi connectivity index (χ0v) is 17.1. The summed E-state index contributed by atoms with van der Waals surface area (Å²) in [6.45, 7) is 2.70. The Hall–Kier alpha value is -4.04. The highest BCUT2D eigenvalue weighted by Crippen LogP contribution is 2.36. The van der Waals surface area contributed by atoms with Crippen LogP contribution >= 0.6 is 0 Å². The van der Waals surface area contributed by atoms with Gasteiger partial charge in [0.05, 0.1) is 18.6 Å². The number of carbonyl (C=O) groups excluding carboxylic acids is 1. The third-order valence-corrected chi connectivity index (χ3v) is 5.69. The molecule has 0 atom stereocenters. The molecule has 6 rings (SSSR count). The van der Waals surface area contributed by atoms with Gasteiger partial charge in [0.1, 0.15) is 11.8 Å². The molecule has 8 nitrogen and oxygen atoms in total. The van der Waals surface area contributed by atoms with Crippen LogP contribution in [0.2, 0.25) is 0 Å². The van der Waals surface area contributed by atoms with Crippen molar-refractivity contribution in [2.24, 2.45) is 0 Å². The molecule has 0 radical (unpaired) electrons. The highest BCUT2D eigenvalue weighted by molar-refractivity contribution is 6.06. The van der Waals surface area contributed by atoms with Gasteiger partial charge in [-0.2, -0.15) is 0 Å². The van der Waals surface area contributed by atoms with E-state index in [1.54, 1.807) is 12.3 Å². The monoisotopic (exact) mass is 425 g/mol. The number of benzene rings is 1. The van der Waals surface area contributed by atoms with E-state index < -0.39 is 0 Å². The van der Waals surface area contributed by atoms with E-state index in [2.05, 4.69) is 14.9 Å². The summed E-state index contributed by atoms with van der Waals surface area (Å²) in [5.74, 6) is 1.37. The minimum Gasteiger partial charge on any atom is -0.432 e. The maximum Gasteiger partial charge on any atom is 0.229 e. The number of H-pyrrole nitrogens is 1. The first-order valence-corrected chi connectivity index (χ1v) is 10.4. The molecule has 0 unspecified atom stereocenters. The second-order valence-electron chi connectivity index (χ2n) is 7.61. The van der Waals surface area contributed by atoms with Gasteiger partial charge < -0.3 is 19.0 Å². The quantitative estimate of drug-likeness (QED) is 0.344. The summed E-state index contributed by atoms with van der Waals surface area (Å²) in [4.78, 5) is 30.5. The zero-order valence-electron chi connectivity index (χ0n) is 17.1. The Morgan fingerprint density at radius 3 is 2.88 bits per heavy atom. The fraction of sp³-hybridized carbons (Fsp3) is 0.167. The van der Waals surface area contributed by atoms with Crippen molar-refractivity contribution >= 4 is 51.3 Å². The van der Waals surface area contributed by atoms with E-state index in [1.165, 1.54) is 6.08 Å². The van der Waals surface area contributed by atoms with Crippen molar-refractivity contribution in [2.75, 3.05) is 31.2 Å². The average Bonchev–Trinajstić information content (AvgIpc) is 3.47. The Bertz CT molecular complexity index is 1490. The largest absolute Gasteiger partial charge is 0.432 e. The van der Waals surface area contributed by atoms with Gasteiger partial charge in [-0.05, 0) is 29.8 Å². The number of hydrogen-bond donors (Lipinski definition) is 1. The van der Waals surface area contributed by atoms with Crippen LogP contribution in [0.3, 0.4) is 0 Å². The van der Waals surface area contributed by atoms with E-state index in [0.29, 0.717) is 35.9 Å². The van der Waals surface area contributed by atoms with Crippen LogP contribution in [0.15, 0.2) is 53.2 Å². The number of nitrogens with one attached hydrogen (secondary N) is 1. The van der Waals surface area contributed by atoms with Crippen molar-refractivity contribution in [3.63, 3.8) is 0 Å². The number of morpholine rings is 1. The number of hydrogen-bond acceptors (Lipinski definition) is 7. The van der Waals surface area contributed by atoms with Crippen LogP contribution in [0.4, 0.5) is 5.82 Å². The number of carbonyl (C=O) groups is 1. The molecule has 0 amide bonds.